The number of benzene rings is 1. The van der Waals surface area contributed by atoms with Crippen molar-refractivity contribution in [1.29, 1.82) is 0 Å². The van der Waals surface area contributed by atoms with E-state index < -0.39 is 17.8 Å². The molecule has 0 spiro atoms. The highest BCUT2D eigenvalue weighted by molar-refractivity contribution is 5.32. The Morgan fingerprint density at radius 1 is 1.24 bits per heavy atom. The molecule has 1 heterocycles. The van der Waals surface area contributed by atoms with E-state index in [0.717, 1.165) is 6.07 Å². The van der Waals surface area contributed by atoms with Gasteiger partial charge in [-0.05, 0) is 24.5 Å². The first-order chi connectivity index (χ1) is 7.98. The summed E-state index contributed by atoms with van der Waals surface area (Å²) in [6.07, 6.45) is -3.75. The number of halogens is 3. The summed E-state index contributed by atoms with van der Waals surface area (Å²) in [5, 5.41) is 0. The Balaban J connectivity index is 2.31. The molecule has 1 aromatic rings. The first kappa shape index (κ1) is 12.4. The van der Waals surface area contributed by atoms with Gasteiger partial charge in [0.1, 0.15) is 0 Å². The van der Waals surface area contributed by atoms with Crippen molar-refractivity contribution in [2.24, 2.45) is 5.73 Å². The minimum atomic E-state index is -4.35. The van der Waals surface area contributed by atoms with Gasteiger partial charge in [-0.2, -0.15) is 13.2 Å². The number of hydrogen-bond acceptors (Lipinski definition) is 2. The van der Waals surface area contributed by atoms with Crippen LogP contribution in [0.2, 0.25) is 0 Å². The smallest absolute Gasteiger partial charge is 0.373 e. The molecule has 1 aliphatic rings. The standard InChI is InChI=1S/C12H14F3NO/c13-12(14,15)10-4-2-1-3-9(10)11-7-8(16)5-6-17-11/h1-4,8,11H,5-7,16H2. The minimum absolute atomic E-state index is 0.0879. The summed E-state index contributed by atoms with van der Waals surface area (Å²) in [7, 11) is 0. The van der Waals surface area contributed by atoms with Crippen LogP contribution in [0.5, 0.6) is 0 Å². The molecule has 2 unspecified atom stereocenters. The molecule has 0 aromatic heterocycles. The largest absolute Gasteiger partial charge is 0.416 e. The third kappa shape index (κ3) is 2.79. The summed E-state index contributed by atoms with van der Waals surface area (Å²) in [6.45, 7) is 0.415. The number of nitrogens with two attached hydrogens (primary N) is 1. The Labute approximate surface area is 97.6 Å². The lowest BCUT2D eigenvalue weighted by Crippen LogP contribution is -2.31. The van der Waals surface area contributed by atoms with E-state index in [0.29, 0.717) is 19.4 Å². The van der Waals surface area contributed by atoms with Crippen LogP contribution in [-0.2, 0) is 10.9 Å². The molecule has 2 atom stereocenters. The molecule has 5 heteroatoms. The molecule has 0 amide bonds. The Morgan fingerprint density at radius 2 is 1.94 bits per heavy atom. The van der Waals surface area contributed by atoms with Crippen LogP contribution in [-0.4, -0.2) is 12.6 Å². The van der Waals surface area contributed by atoms with E-state index >= 15 is 0 Å². The first-order valence-corrected chi connectivity index (χ1v) is 5.52. The monoisotopic (exact) mass is 245 g/mol. The SMILES string of the molecule is NC1CCOC(c2ccccc2C(F)(F)F)C1. The van der Waals surface area contributed by atoms with Crippen molar-refractivity contribution in [2.45, 2.75) is 31.2 Å². The van der Waals surface area contributed by atoms with Gasteiger partial charge in [-0.15, -0.1) is 0 Å². The molecular weight excluding hydrogens is 231 g/mol. The van der Waals surface area contributed by atoms with Crippen molar-refractivity contribution in [3.8, 4) is 0 Å². The van der Waals surface area contributed by atoms with E-state index in [1.54, 1.807) is 6.07 Å². The van der Waals surface area contributed by atoms with E-state index in [-0.39, 0.29) is 11.6 Å². The molecule has 1 aliphatic heterocycles. The van der Waals surface area contributed by atoms with Gasteiger partial charge in [0.15, 0.2) is 0 Å². The van der Waals surface area contributed by atoms with Crippen LogP contribution in [0.4, 0.5) is 13.2 Å². The predicted octanol–water partition coefficient (Wildman–Crippen LogP) is 2.88. The van der Waals surface area contributed by atoms with Gasteiger partial charge in [0.05, 0.1) is 11.7 Å². The van der Waals surface area contributed by atoms with Crippen molar-refractivity contribution >= 4 is 0 Å². The molecule has 1 saturated heterocycles. The van der Waals surface area contributed by atoms with Crippen LogP contribution in [0, 0.1) is 0 Å². The number of alkyl halides is 3. The molecule has 1 aromatic carbocycles. The quantitative estimate of drug-likeness (QED) is 0.825. The Bertz CT molecular complexity index is 392. The lowest BCUT2D eigenvalue weighted by molar-refractivity contribution is -0.140. The Morgan fingerprint density at radius 3 is 2.59 bits per heavy atom. The van der Waals surface area contributed by atoms with Crippen molar-refractivity contribution in [2.75, 3.05) is 6.61 Å². The fraction of sp³-hybridized carbons (Fsp3) is 0.500. The zero-order valence-corrected chi connectivity index (χ0v) is 9.20. The van der Waals surface area contributed by atoms with E-state index in [2.05, 4.69) is 0 Å². The van der Waals surface area contributed by atoms with Gasteiger partial charge in [0.25, 0.3) is 0 Å². The van der Waals surface area contributed by atoms with Gasteiger partial charge in [-0.1, -0.05) is 18.2 Å². The second kappa shape index (κ2) is 4.66. The van der Waals surface area contributed by atoms with Gasteiger partial charge in [0.2, 0.25) is 0 Å². The molecule has 94 valence electrons. The first-order valence-electron chi connectivity index (χ1n) is 5.52. The molecule has 2 nitrogen and oxygen atoms in total. The van der Waals surface area contributed by atoms with E-state index in [9.17, 15) is 13.2 Å². The van der Waals surface area contributed by atoms with Crippen molar-refractivity contribution in [3.05, 3.63) is 35.4 Å². The van der Waals surface area contributed by atoms with E-state index in [1.165, 1.54) is 12.1 Å². The van der Waals surface area contributed by atoms with Gasteiger partial charge < -0.3 is 10.5 Å². The molecule has 2 rings (SSSR count). The third-order valence-corrected chi connectivity index (χ3v) is 2.94. The average Bonchev–Trinajstić information content (AvgIpc) is 2.28. The Hall–Kier alpha value is -1.07. The average molecular weight is 245 g/mol. The fourth-order valence-electron chi connectivity index (χ4n) is 2.08. The third-order valence-electron chi connectivity index (χ3n) is 2.94. The number of rotatable bonds is 1. The van der Waals surface area contributed by atoms with Crippen LogP contribution in [0.1, 0.15) is 30.1 Å². The molecule has 0 aliphatic carbocycles. The second-order valence-electron chi connectivity index (χ2n) is 4.23. The van der Waals surface area contributed by atoms with Crippen LogP contribution in [0.3, 0.4) is 0 Å². The van der Waals surface area contributed by atoms with Gasteiger partial charge >= 0.3 is 6.18 Å². The Kier molecular flexibility index (Phi) is 3.40. The summed E-state index contributed by atoms with van der Waals surface area (Å²) in [5.41, 5.74) is 5.32. The van der Waals surface area contributed by atoms with Crippen molar-refractivity contribution in [3.63, 3.8) is 0 Å². The van der Waals surface area contributed by atoms with Gasteiger partial charge in [0, 0.05) is 12.6 Å². The summed E-state index contributed by atoms with van der Waals surface area (Å²) in [6, 6.07) is 5.43. The normalized spacial score (nSPS) is 25.9. The lowest BCUT2D eigenvalue weighted by atomic mass is 9.94. The molecule has 1 fully saturated rings. The zero-order valence-electron chi connectivity index (χ0n) is 9.20. The van der Waals surface area contributed by atoms with Crippen LogP contribution in [0.25, 0.3) is 0 Å². The molecular formula is C12H14F3NO. The molecule has 0 bridgehead atoms. The summed E-state index contributed by atoms with van der Waals surface area (Å²) < 4.78 is 43.8. The lowest BCUT2D eigenvalue weighted by Gasteiger charge is -2.29. The summed E-state index contributed by atoms with van der Waals surface area (Å²) in [4.78, 5) is 0. The van der Waals surface area contributed by atoms with Gasteiger partial charge in [-0.25, -0.2) is 0 Å². The van der Waals surface area contributed by atoms with Crippen LogP contribution < -0.4 is 5.73 Å². The van der Waals surface area contributed by atoms with Crippen molar-refractivity contribution < 1.29 is 17.9 Å². The maximum absolute atomic E-state index is 12.8. The minimum Gasteiger partial charge on any atom is -0.373 e. The maximum Gasteiger partial charge on any atom is 0.416 e. The molecule has 17 heavy (non-hydrogen) atoms. The predicted molar refractivity (Wildman–Crippen MR) is 57.3 cm³/mol. The zero-order chi connectivity index (χ0) is 12.5. The van der Waals surface area contributed by atoms with Crippen molar-refractivity contribution in [1.82, 2.24) is 0 Å². The van der Waals surface area contributed by atoms with Crippen LogP contribution >= 0.6 is 0 Å². The van der Waals surface area contributed by atoms with E-state index in [4.69, 9.17) is 10.5 Å². The number of ether oxygens (including phenoxy) is 1. The fourth-order valence-corrected chi connectivity index (χ4v) is 2.08. The molecule has 0 radical (unpaired) electrons. The van der Waals surface area contributed by atoms with E-state index in [1.807, 2.05) is 0 Å². The summed E-state index contributed by atoms with van der Waals surface area (Å²) in [5.74, 6) is 0. The molecule has 2 N–H and O–H groups in total. The maximum atomic E-state index is 12.8. The topological polar surface area (TPSA) is 35.2 Å². The van der Waals surface area contributed by atoms with Crippen LogP contribution in [0.15, 0.2) is 24.3 Å². The highest BCUT2D eigenvalue weighted by Gasteiger charge is 2.36. The molecule has 0 saturated carbocycles. The second-order valence-corrected chi connectivity index (χ2v) is 4.23. The van der Waals surface area contributed by atoms with Gasteiger partial charge in [-0.3, -0.25) is 0 Å². The highest BCUT2D eigenvalue weighted by atomic mass is 19.4. The summed E-state index contributed by atoms with van der Waals surface area (Å²) >= 11 is 0. The number of hydrogen-bond donors (Lipinski definition) is 1. The highest BCUT2D eigenvalue weighted by Crippen LogP contribution is 2.38.